The van der Waals surface area contributed by atoms with E-state index in [-0.39, 0.29) is 23.8 Å². The molecule has 2 amide bonds. The summed E-state index contributed by atoms with van der Waals surface area (Å²) in [6, 6.07) is 4.46. The molecular weight excluding hydrogens is 285 g/mol. The van der Waals surface area contributed by atoms with E-state index < -0.39 is 5.82 Å². The first-order chi connectivity index (χ1) is 10.3. The van der Waals surface area contributed by atoms with Crippen LogP contribution in [0.25, 0.3) is 0 Å². The van der Waals surface area contributed by atoms with Crippen LogP contribution >= 0.6 is 0 Å². The summed E-state index contributed by atoms with van der Waals surface area (Å²) in [7, 11) is 3.48. The molecule has 0 spiro atoms. The summed E-state index contributed by atoms with van der Waals surface area (Å²) in [6.45, 7) is 2.23. The third-order valence-corrected chi connectivity index (χ3v) is 4.22. The number of hydrogen-bond donors (Lipinski definition) is 1. The molecule has 5 nitrogen and oxygen atoms in total. The average Bonchev–Trinajstić information content (AvgIpc) is 2.46. The lowest BCUT2D eigenvalue weighted by Gasteiger charge is -2.37. The summed E-state index contributed by atoms with van der Waals surface area (Å²) in [4.78, 5) is 27.2. The maximum atomic E-state index is 14.0. The van der Waals surface area contributed by atoms with Gasteiger partial charge in [-0.25, -0.2) is 4.39 Å². The van der Waals surface area contributed by atoms with Gasteiger partial charge in [-0.15, -0.1) is 0 Å². The number of anilines is 1. The minimum Gasteiger partial charge on any atom is -0.375 e. The van der Waals surface area contributed by atoms with Gasteiger partial charge in [-0.05, 0) is 38.0 Å². The van der Waals surface area contributed by atoms with Crippen LogP contribution in [0, 0.1) is 11.7 Å². The molecule has 6 heteroatoms. The minimum absolute atomic E-state index is 0.0136. The molecule has 1 aliphatic rings. The van der Waals surface area contributed by atoms with Crippen LogP contribution in [0.5, 0.6) is 0 Å². The van der Waals surface area contributed by atoms with Gasteiger partial charge < -0.3 is 15.5 Å². The molecule has 1 aromatic rings. The maximum Gasteiger partial charge on any atom is 0.254 e. The predicted octanol–water partition coefficient (Wildman–Crippen LogP) is 1.62. The summed E-state index contributed by atoms with van der Waals surface area (Å²) in [6.07, 6.45) is 1.41. The van der Waals surface area contributed by atoms with Gasteiger partial charge in [0.2, 0.25) is 5.91 Å². The van der Waals surface area contributed by atoms with E-state index in [1.807, 2.05) is 6.92 Å². The monoisotopic (exact) mass is 307 g/mol. The number of benzene rings is 1. The van der Waals surface area contributed by atoms with Crippen LogP contribution in [0.4, 0.5) is 10.1 Å². The average molecular weight is 307 g/mol. The number of carbonyl (C=O) groups excluding carboxylic acids is 2. The molecule has 22 heavy (non-hydrogen) atoms. The molecule has 2 rings (SSSR count). The smallest absolute Gasteiger partial charge is 0.254 e. The van der Waals surface area contributed by atoms with Crippen LogP contribution in [-0.4, -0.2) is 43.4 Å². The largest absolute Gasteiger partial charge is 0.375 e. The number of nitrogens with zero attached hydrogens (tertiary/aromatic N) is 2. The van der Waals surface area contributed by atoms with E-state index in [0.29, 0.717) is 24.2 Å². The fourth-order valence-corrected chi connectivity index (χ4v) is 2.79. The van der Waals surface area contributed by atoms with Gasteiger partial charge in [0.05, 0.1) is 11.6 Å². The first-order valence-electron chi connectivity index (χ1n) is 7.38. The van der Waals surface area contributed by atoms with Crippen LogP contribution in [0.2, 0.25) is 0 Å². The van der Waals surface area contributed by atoms with Gasteiger partial charge in [0, 0.05) is 32.2 Å². The second kappa shape index (κ2) is 6.34. The number of primary amides is 1. The number of hydrogen-bond acceptors (Lipinski definition) is 3. The predicted molar refractivity (Wildman–Crippen MR) is 83.1 cm³/mol. The molecule has 1 heterocycles. The fraction of sp³-hybridized carbons (Fsp3) is 0.500. The highest BCUT2D eigenvalue weighted by Gasteiger charge is 2.32. The Bertz CT molecular complexity index is 589. The quantitative estimate of drug-likeness (QED) is 0.922. The Balaban J connectivity index is 2.23. The van der Waals surface area contributed by atoms with E-state index in [0.717, 1.165) is 6.42 Å². The summed E-state index contributed by atoms with van der Waals surface area (Å²) in [5.41, 5.74) is 6.07. The third-order valence-electron chi connectivity index (χ3n) is 4.22. The Kier molecular flexibility index (Phi) is 4.68. The van der Waals surface area contributed by atoms with Crippen LogP contribution in [-0.2, 0) is 4.79 Å². The molecule has 120 valence electrons. The number of halogens is 1. The third kappa shape index (κ3) is 3.21. The van der Waals surface area contributed by atoms with E-state index in [4.69, 9.17) is 5.73 Å². The Morgan fingerprint density at radius 2 is 2.00 bits per heavy atom. The number of rotatable bonds is 3. The zero-order valence-electron chi connectivity index (χ0n) is 13.2. The number of nitrogens with two attached hydrogens (primary N) is 1. The molecule has 0 aliphatic carbocycles. The van der Waals surface area contributed by atoms with Crippen molar-refractivity contribution in [3.63, 3.8) is 0 Å². The van der Waals surface area contributed by atoms with Crippen LogP contribution in [0.15, 0.2) is 18.2 Å². The zero-order valence-corrected chi connectivity index (χ0v) is 13.2. The Labute approximate surface area is 129 Å². The Hall–Kier alpha value is -2.11. The number of amides is 2. The number of carbonyl (C=O) groups is 2. The lowest BCUT2D eigenvalue weighted by atomic mass is 9.92. The Morgan fingerprint density at radius 3 is 2.55 bits per heavy atom. The first-order valence-corrected chi connectivity index (χ1v) is 7.38. The second-order valence-corrected chi connectivity index (χ2v) is 6.04. The molecule has 2 N–H and O–H groups in total. The molecular formula is C16H22FN3O2. The van der Waals surface area contributed by atoms with E-state index in [1.165, 1.54) is 6.07 Å². The SMILES string of the molecule is C[C@H]1CC[C@@H](C(N)=O)CN1C(=O)c1ccc(N(C)C)c(F)c1. The molecule has 0 bridgehead atoms. The number of likely N-dealkylation sites (tertiary alicyclic amines) is 1. The normalized spacial score (nSPS) is 21.5. The van der Waals surface area contributed by atoms with Crippen LogP contribution < -0.4 is 10.6 Å². The highest BCUT2D eigenvalue weighted by molar-refractivity contribution is 5.95. The molecule has 0 saturated carbocycles. The maximum absolute atomic E-state index is 14.0. The summed E-state index contributed by atoms with van der Waals surface area (Å²) in [5.74, 6) is -1.42. The molecule has 1 fully saturated rings. The van der Waals surface area contributed by atoms with Gasteiger partial charge in [-0.2, -0.15) is 0 Å². The zero-order chi connectivity index (χ0) is 16.4. The molecule has 0 unspecified atom stereocenters. The summed E-state index contributed by atoms with van der Waals surface area (Å²) in [5, 5.41) is 0. The van der Waals surface area contributed by atoms with Gasteiger partial charge in [0.1, 0.15) is 5.82 Å². The van der Waals surface area contributed by atoms with Crippen molar-refractivity contribution in [2.24, 2.45) is 11.7 Å². The molecule has 0 aromatic heterocycles. The molecule has 1 aromatic carbocycles. The van der Waals surface area contributed by atoms with E-state index in [2.05, 4.69) is 0 Å². The molecule has 1 saturated heterocycles. The highest BCUT2D eigenvalue weighted by Crippen LogP contribution is 2.25. The lowest BCUT2D eigenvalue weighted by Crippen LogP contribution is -2.48. The first kappa shape index (κ1) is 16.3. The van der Waals surface area contributed by atoms with Crippen molar-refractivity contribution < 1.29 is 14.0 Å². The van der Waals surface area contributed by atoms with E-state index >= 15 is 0 Å². The Morgan fingerprint density at radius 1 is 1.32 bits per heavy atom. The van der Waals surface area contributed by atoms with Gasteiger partial charge in [-0.3, -0.25) is 9.59 Å². The molecule has 1 aliphatic heterocycles. The topological polar surface area (TPSA) is 66.6 Å². The van der Waals surface area contributed by atoms with Crippen molar-refractivity contribution in [3.8, 4) is 0 Å². The van der Waals surface area contributed by atoms with Gasteiger partial charge >= 0.3 is 0 Å². The second-order valence-electron chi connectivity index (χ2n) is 6.04. The van der Waals surface area contributed by atoms with Gasteiger partial charge in [0.15, 0.2) is 0 Å². The fourth-order valence-electron chi connectivity index (χ4n) is 2.79. The van der Waals surface area contributed by atoms with E-state index in [1.54, 1.807) is 36.0 Å². The van der Waals surface area contributed by atoms with Crippen LogP contribution in [0.3, 0.4) is 0 Å². The number of piperidine rings is 1. The van der Waals surface area contributed by atoms with Gasteiger partial charge in [0.25, 0.3) is 5.91 Å². The molecule has 0 radical (unpaired) electrons. The highest BCUT2D eigenvalue weighted by atomic mass is 19.1. The van der Waals surface area contributed by atoms with Crippen LogP contribution in [0.1, 0.15) is 30.1 Å². The van der Waals surface area contributed by atoms with Gasteiger partial charge in [-0.1, -0.05) is 0 Å². The lowest BCUT2D eigenvalue weighted by molar-refractivity contribution is -0.123. The van der Waals surface area contributed by atoms with Crippen molar-refractivity contribution in [2.75, 3.05) is 25.5 Å². The summed E-state index contributed by atoms with van der Waals surface area (Å²) >= 11 is 0. The minimum atomic E-state index is -0.438. The van der Waals surface area contributed by atoms with Crippen molar-refractivity contribution in [1.29, 1.82) is 0 Å². The standard InChI is InChI=1S/C16H22FN3O2/c1-10-4-5-12(15(18)21)9-20(10)16(22)11-6-7-14(19(2)3)13(17)8-11/h6-8,10,12H,4-5,9H2,1-3H3,(H2,18,21)/t10-,12+/m0/s1. The summed E-state index contributed by atoms with van der Waals surface area (Å²) < 4.78 is 14.0. The van der Waals surface area contributed by atoms with Crippen molar-refractivity contribution in [1.82, 2.24) is 4.90 Å². The van der Waals surface area contributed by atoms with Crippen molar-refractivity contribution in [3.05, 3.63) is 29.6 Å². The van der Waals surface area contributed by atoms with Crippen molar-refractivity contribution >= 4 is 17.5 Å². The van der Waals surface area contributed by atoms with E-state index in [9.17, 15) is 14.0 Å². The van der Waals surface area contributed by atoms with Crippen molar-refractivity contribution in [2.45, 2.75) is 25.8 Å². The molecule has 2 atom stereocenters.